The van der Waals surface area contributed by atoms with Crippen LogP contribution in [0, 0.1) is 5.82 Å². The van der Waals surface area contributed by atoms with Gasteiger partial charge in [-0.2, -0.15) is 0 Å². The Morgan fingerprint density at radius 2 is 1.85 bits per heavy atom. The van der Waals surface area contributed by atoms with Crippen molar-refractivity contribution in [2.45, 2.75) is 19.4 Å². The summed E-state index contributed by atoms with van der Waals surface area (Å²) in [6.45, 7) is 2.63. The number of nitrogens with zero attached hydrogens (tertiary/aromatic N) is 1. The van der Waals surface area contributed by atoms with E-state index in [9.17, 15) is 4.39 Å². The number of nitrogens with one attached hydrogen (secondary N) is 2. The number of hydrogen-bond donors (Lipinski definition) is 2. The van der Waals surface area contributed by atoms with Crippen LogP contribution in [-0.4, -0.2) is 39.9 Å². The van der Waals surface area contributed by atoms with Gasteiger partial charge < -0.3 is 20.1 Å². The van der Waals surface area contributed by atoms with Gasteiger partial charge in [0.05, 0.1) is 6.61 Å². The highest BCUT2D eigenvalue weighted by Crippen LogP contribution is 2.13. The minimum Gasteiger partial charge on any atom is -0.493 e. The first-order chi connectivity index (χ1) is 13.2. The van der Waals surface area contributed by atoms with E-state index < -0.39 is 0 Å². The van der Waals surface area contributed by atoms with Crippen molar-refractivity contribution in [3.8, 4) is 5.75 Å². The number of guanidine groups is 1. The fourth-order valence-electron chi connectivity index (χ4n) is 2.56. The van der Waals surface area contributed by atoms with Gasteiger partial charge in [0.15, 0.2) is 5.96 Å². The Morgan fingerprint density at radius 1 is 1.04 bits per heavy atom. The van der Waals surface area contributed by atoms with Crippen molar-refractivity contribution in [1.82, 2.24) is 10.6 Å². The molecule has 2 aromatic carbocycles. The molecular weight excluding hydrogens is 345 g/mol. The topological polar surface area (TPSA) is 54.9 Å². The average Bonchev–Trinajstić information content (AvgIpc) is 2.68. The fraction of sp³-hybridized carbons (Fsp3) is 0.381. The van der Waals surface area contributed by atoms with Crippen LogP contribution in [0.1, 0.15) is 17.5 Å². The molecule has 0 aliphatic carbocycles. The number of halogens is 1. The summed E-state index contributed by atoms with van der Waals surface area (Å²) in [5, 5.41) is 6.52. The maximum atomic E-state index is 13.2. The summed E-state index contributed by atoms with van der Waals surface area (Å²) in [6.07, 6.45) is 1.59. The van der Waals surface area contributed by atoms with Gasteiger partial charge in [-0.3, -0.25) is 4.99 Å². The Kier molecular flexibility index (Phi) is 9.13. The van der Waals surface area contributed by atoms with Crippen molar-refractivity contribution >= 4 is 5.96 Å². The SMILES string of the molecule is CN=C(NCCc1cccc(F)c1)NCc1cccc(OCCCOC)c1. The molecule has 0 radical (unpaired) electrons. The number of aliphatic imine (C=N–C) groups is 1. The van der Waals surface area contributed by atoms with Gasteiger partial charge >= 0.3 is 0 Å². The molecule has 2 rings (SSSR count). The van der Waals surface area contributed by atoms with Crippen LogP contribution >= 0.6 is 0 Å². The monoisotopic (exact) mass is 373 g/mol. The van der Waals surface area contributed by atoms with Crippen molar-refractivity contribution in [3.63, 3.8) is 0 Å². The van der Waals surface area contributed by atoms with Crippen LogP contribution in [0.3, 0.4) is 0 Å². The second kappa shape index (κ2) is 11.9. The standard InChI is InChI=1S/C21H28FN3O2/c1-23-21(24-11-10-17-6-3-8-19(22)14-17)25-16-18-7-4-9-20(15-18)27-13-5-12-26-2/h3-4,6-9,14-15H,5,10-13,16H2,1-2H3,(H2,23,24,25). The third-order valence-electron chi connectivity index (χ3n) is 3.94. The molecule has 0 saturated carbocycles. The maximum absolute atomic E-state index is 13.2. The zero-order chi connectivity index (χ0) is 19.3. The normalized spacial score (nSPS) is 11.3. The van der Waals surface area contributed by atoms with E-state index in [1.807, 2.05) is 30.3 Å². The number of rotatable bonds is 10. The highest BCUT2D eigenvalue weighted by atomic mass is 19.1. The fourth-order valence-corrected chi connectivity index (χ4v) is 2.56. The highest BCUT2D eigenvalue weighted by molar-refractivity contribution is 5.79. The van der Waals surface area contributed by atoms with E-state index in [1.165, 1.54) is 6.07 Å². The predicted octanol–water partition coefficient (Wildman–Crippen LogP) is 3.15. The molecule has 0 unspecified atom stereocenters. The third-order valence-corrected chi connectivity index (χ3v) is 3.94. The Morgan fingerprint density at radius 3 is 2.63 bits per heavy atom. The zero-order valence-electron chi connectivity index (χ0n) is 16.0. The van der Waals surface area contributed by atoms with Crippen molar-refractivity contribution in [1.29, 1.82) is 0 Å². The molecular formula is C21H28FN3O2. The van der Waals surface area contributed by atoms with Gasteiger partial charge in [-0.05, 0) is 41.8 Å². The van der Waals surface area contributed by atoms with Crippen molar-refractivity contribution in [2.24, 2.45) is 4.99 Å². The van der Waals surface area contributed by atoms with E-state index >= 15 is 0 Å². The first-order valence-electron chi connectivity index (χ1n) is 9.11. The van der Waals surface area contributed by atoms with Crippen LogP contribution in [0.25, 0.3) is 0 Å². The van der Waals surface area contributed by atoms with Gasteiger partial charge in [0, 0.05) is 40.3 Å². The average molecular weight is 373 g/mol. The maximum Gasteiger partial charge on any atom is 0.191 e. The summed E-state index contributed by atoms with van der Waals surface area (Å²) < 4.78 is 23.9. The van der Waals surface area contributed by atoms with E-state index in [0.29, 0.717) is 32.3 Å². The molecule has 0 spiro atoms. The summed E-state index contributed by atoms with van der Waals surface area (Å²) >= 11 is 0. The Balaban J connectivity index is 1.75. The summed E-state index contributed by atoms with van der Waals surface area (Å²) in [6, 6.07) is 14.6. The number of hydrogen-bond acceptors (Lipinski definition) is 3. The lowest BCUT2D eigenvalue weighted by molar-refractivity contribution is 0.172. The van der Waals surface area contributed by atoms with E-state index in [0.717, 1.165) is 29.7 Å². The molecule has 0 atom stereocenters. The molecule has 0 saturated heterocycles. The van der Waals surface area contributed by atoms with Gasteiger partial charge in [0.25, 0.3) is 0 Å². The van der Waals surface area contributed by atoms with Crippen LogP contribution < -0.4 is 15.4 Å². The van der Waals surface area contributed by atoms with Crippen molar-refractivity contribution in [3.05, 3.63) is 65.5 Å². The van der Waals surface area contributed by atoms with Crippen molar-refractivity contribution < 1.29 is 13.9 Å². The van der Waals surface area contributed by atoms with Crippen molar-refractivity contribution in [2.75, 3.05) is 33.9 Å². The van der Waals surface area contributed by atoms with E-state index in [2.05, 4.69) is 15.6 Å². The lowest BCUT2D eigenvalue weighted by Crippen LogP contribution is -2.37. The molecule has 0 amide bonds. The quantitative estimate of drug-likeness (QED) is 0.382. The minimum absolute atomic E-state index is 0.209. The molecule has 6 heteroatoms. The molecule has 27 heavy (non-hydrogen) atoms. The first-order valence-corrected chi connectivity index (χ1v) is 9.11. The molecule has 2 N–H and O–H groups in total. The molecule has 0 aliphatic heterocycles. The summed E-state index contributed by atoms with van der Waals surface area (Å²) in [5.74, 6) is 1.34. The largest absolute Gasteiger partial charge is 0.493 e. The van der Waals surface area contributed by atoms with Crippen LogP contribution in [0.5, 0.6) is 5.75 Å². The summed E-state index contributed by atoms with van der Waals surface area (Å²) in [5.41, 5.74) is 2.06. The molecule has 2 aromatic rings. The van der Waals surface area contributed by atoms with Crippen LogP contribution in [0.4, 0.5) is 4.39 Å². The molecule has 5 nitrogen and oxygen atoms in total. The van der Waals surface area contributed by atoms with Gasteiger partial charge in [-0.1, -0.05) is 24.3 Å². The Bertz CT molecular complexity index is 722. The van der Waals surface area contributed by atoms with Crippen LogP contribution in [0.2, 0.25) is 0 Å². The molecule has 0 heterocycles. The molecule has 0 aliphatic rings. The van der Waals surface area contributed by atoms with E-state index in [1.54, 1.807) is 26.3 Å². The molecule has 0 fully saturated rings. The second-order valence-corrected chi connectivity index (χ2v) is 6.07. The lowest BCUT2D eigenvalue weighted by atomic mass is 10.1. The summed E-state index contributed by atoms with van der Waals surface area (Å²) in [7, 11) is 3.41. The van der Waals surface area contributed by atoms with E-state index in [-0.39, 0.29) is 5.82 Å². The predicted molar refractivity (Wildman–Crippen MR) is 107 cm³/mol. The smallest absolute Gasteiger partial charge is 0.191 e. The van der Waals surface area contributed by atoms with Gasteiger partial charge in [0.2, 0.25) is 0 Å². The number of ether oxygens (including phenoxy) is 2. The van der Waals surface area contributed by atoms with Crippen LogP contribution in [-0.2, 0) is 17.7 Å². The molecule has 0 aromatic heterocycles. The van der Waals surface area contributed by atoms with Crippen LogP contribution in [0.15, 0.2) is 53.5 Å². The molecule has 146 valence electrons. The molecule has 0 bridgehead atoms. The van der Waals surface area contributed by atoms with Gasteiger partial charge in [-0.25, -0.2) is 4.39 Å². The first kappa shape index (κ1) is 20.7. The minimum atomic E-state index is -0.209. The third kappa shape index (κ3) is 8.09. The number of methoxy groups -OCH3 is 1. The highest BCUT2D eigenvalue weighted by Gasteiger charge is 2.01. The van der Waals surface area contributed by atoms with Gasteiger partial charge in [-0.15, -0.1) is 0 Å². The Labute approximate surface area is 160 Å². The van der Waals surface area contributed by atoms with E-state index in [4.69, 9.17) is 9.47 Å². The number of benzene rings is 2. The summed E-state index contributed by atoms with van der Waals surface area (Å²) in [4.78, 5) is 4.22. The second-order valence-electron chi connectivity index (χ2n) is 6.07. The van der Waals surface area contributed by atoms with Gasteiger partial charge in [0.1, 0.15) is 11.6 Å². The zero-order valence-corrected chi connectivity index (χ0v) is 16.0. The Hall–Kier alpha value is -2.60. The lowest BCUT2D eigenvalue weighted by Gasteiger charge is -2.13.